The van der Waals surface area contributed by atoms with Crippen LogP contribution in [0.3, 0.4) is 0 Å². The number of aryl methyl sites for hydroxylation is 1. The minimum atomic E-state index is -0.729. The summed E-state index contributed by atoms with van der Waals surface area (Å²) in [6.07, 6.45) is 3.10. The molecule has 33 heavy (non-hydrogen) atoms. The number of hydrogen-bond acceptors (Lipinski definition) is 6. The van der Waals surface area contributed by atoms with Crippen LogP contribution in [-0.4, -0.2) is 32.5 Å². The van der Waals surface area contributed by atoms with E-state index in [1.54, 1.807) is 19.3 Å². The van der Waals surface area contributed by atoms with Crippen molar-refractivity contribution in [1.82, 2.24) is 24.9 Å². The summed E-state index contributed by atoms with van der Waals surface area (Å²) in [7, 11) is 3.55. The average Bonchev–Trinajstić information content (AvgIpc) is 3.43. The first-order valence-electron chi connectivity index (χ1n) is 10.2. The minimum absolute atomic E-state index is 0.0162. The van der Waals surface area contributed by atoms with Crippen LogP contribution in [0.2, 0.25) is 0 Å². The maximum atomic E-state index is 14.0. The Labute approximate surface area is 193 Å². The van der Waals surface area contributed by atoms with Gasteiger partial charge < -0.3 is 11.1 Å². The van der Waals surface area contributed by atoms with Gasteiger partial charge in [0.15, 0.2) is 5.69 Å². The average molecular weight is 467 g/mol. The van der Waals surface area contributed by atoms with Crippen LogP contribution in [0.25, 0.3) is 16.1 Å². The van der Waals surface area contributed by atoms with Crippen molar-refractivity contribution < 1.29 is 9.18 Å². The molecule has 4 aromatic rings. The van der Waals surface area contributed by atoms with Crippen molar-refractivity contribution in [2.45, 2.75) is 19.4 Å². The predicted octanol–water partition coefficient (Wildman–Crippen LogP) is 2.80. The lowest BCUT2D eigenvalue weighted by Gasteiger charge is -2.14. The van der Waals surface area contributed by atoms with Crippen molar-refractivity contribution >= 4 is 17.2 Å². The zero-order valence-corrected chi connectivity index (χ0v) is 19.2. The number of carbonyl (C=O) groups is 1. The third-order valence-electron chi connectivity index (χ3n) is 5.36. The molecule has 1 atom stereocenters. The van der Waals surface area contributed by atoms with E-state index in [-0.39, 0.29) is 17.4 Å². The molecule has 0 spiro atoms. The van der Waals surface area contributed by atoms with Gasteiger partial charge in [0, 0.05) is 35.3 Å². The molecule has 3 aromatic heterocycles. The number of nitrogens with one attached hydrogen (secondary N) is 1. The Bertz CT molecular complexity index is 1390. The van der Waals surface area contributed by atoms with E-state index < -0.39 is 11.5 Å². The molecule has 4 rings (SSSR count). The van der Waals surface area contributed by atoms with Crippen LogP contribution in [0.1, 0.15) is 39.3 Å². The van der Waals surface area contributed by atoms with Gasteiger partial charge in [0.25, 0.3) is 11.5 Å². The monoisotopic (exact) mass is 466 g/mol. The van der Waals surface area contributed by atoms with Crippen LogP contribution in [0.5, 0.6) is 0 Å². The highest BCUT2D eigenvalue weighted by Gasteiger charge is 2.22. The molecule has 3 N–H and O–H groups in total. The van der Waals surface area contributed by atoms with E-state index >= 15 is 0 Å². The van der Waals surface area contributed by atoms with E-state index in [1.165, 1.54) is 40.4 Å². The lowest BCUT2D eigenvalue weighted by molar-refractivity contribution is 0.0992. The number of carbonyl (C=O) groups excluding carboxylic acids is 1. The number of hydrogen-bond donors (Lipinski definition) is 2. The highest BCUT2D eigenvalue weighted by molar-refractivity contribution is 7.15. The van der Waals surface area contributed by atoms with E-state index in [4.69, 9.17) is 5.73 Å². The van der Waals surface area contributed by atoms with Crippen LogP contribution in [0.15, 0.2) is 53.6 Å². The fourth-order valence-electron chi connectivity index (χ4n) is 3.70. The molecular formula is C23H23FN6O2S. The maximum absolute atomic E-state index is 14.0. The molecule has 0 aliphatic carbocycles. The zero-order chi connectivity index (χ0) is 23.7. The number of primary amides is 1. The molecule has 1 amide bonds. The fourth-order valence-corrected chi connectivity index (χ4v) is 4.83. The molecular weight excluding hydrogens is 443 g/mol. The van der Waals surface area contributed by atoms with Gasteiger partial charge in [-0.05, 0) is 48.0 Å². The first-order chi connectivity index (χ1) is 15.8. The molecule has 10 heteroatoms. The molecule has 0 saturated carbocycles. The van der Waals surface area contributed by atoms with Crippen molar-refractivity contribution in [3.63, 3.8) is 0 Å². The number of rotatable bonds is 7. The fraction of sp³-hybridized carbons (Fsp3) is 0.217. The van der Waals surface area contributed by atoms with Crippen molar-refractivity contribution in [2.75, 3.05) is 7.05 Å². The van der Waals surface area contributed by atoms with Gasteiger partial charge in [-0.3, -0.25) is 14.3 Å². The van der Waals surface area contributed by atoms with E-state index in [0.29, 0.717) is 17.8 Å². The second-order valence-corrected chi connectivity index (χ2v) is 8.81. The summed E-state index contributed by atoms with van der Waals surface area (Å²) in [4.78, 5) is 26.8. The molecule has 8 nitrogen and oxygen atoms in total. The summed E-state index contributed by atoms with van der Waals surface area (Å²) >= 11 is 1.47. The number of halogens is 1. The number of amides is 1. The van der Waals surface area contributed by atoms with Crippen LogP contribution in [0, 0.1) is 5.82 Å². The molecule has 0 bridgehead atoms. The molecule has 1 unspecified atom stereocenters. The number of thiophene rings is 1. The lowest BCUT2D eigenvalue weighted by atomic mass is 9.98. The maximum Gasteiger partial charge on any atom is 0.271 e. The number of aromatic nitrogens is 4. The standard InChI is InChI=1S/C23H23FN6O2S/c1-13(19-6-7-20(33-19)18-8-15(24)5-4-14(18)10-26-2)17-9-21(31)30(28-22(17)23(25)32)16-11-27-29(3)12-16/h4-9,11-13,26H,10H2,1-3H3,(H2,25,32). The van der Waals surface area contributed by atoms with Gasteiger partial charge in [0.1, 0.15) is 11.5 Å². The molecule has 0 radical (unpaired) electrons. The first-order valence-corrected chi connectivity index (χ1v) is 11.1. The second-order valence-electron chi connectivity index (χ2n) is 7.69. The highest BCUT2D eigenvalue weighted by atomic mass is 32.1. The molecule has 0 aliphatic heterocycles. The van der Waals surface area contributed by atoms with Crippen molar-refractivity contribution in [3.05, 3.63) is 86.7 Å². The quantitative estimate of drug-likeness (QED) is 0.436. The molecule has 1 aromatic carbocycles. The van der Waals surface area contributed by atoms with E-state index in [1.807, 2.05) is 26.1 Å². The molecule has 0 saturated heterocycles. The summed E-state index contributed by atoms with van der Waals surface area (Å²) in [5.41, 5.74) is 7.88. The minimum Gasteiger partial charge on any atom is -0.364 e. The number of nitrogens with two attached hydrogens (primary N) is 1. The summed E-state index contributed by atoms with van der Waals surface area (Å²) in [5, 5.41) is 11.4. The van der Waals surface area contributed by atoms with E-state index in [0.717, 1.165) is 25.6 Å². The molecule has 3 heterocycles. The Kier molecular flexibility index (Phi) is 6.21. The first kappa shape index (κ1) is 22.6. The van der Waals surface area contributed by atoms with Crippen LogP contribution < -0.4 is 16.6 Å². The van der Waals surface area contributed by atoms with Crippen LogP contribution >= 0.6 is 11.3 Å². The third-order valence-corrected chi connectivity index (χ3v) is 6.66. The van der Waals surface area contributed by atoms with Crippen LogP contribution in [-0.2, 0) is 13.6 Å². The Morgan fingerprint density at radius 1 is 1.27 bits per heavy atom. The lowest BCUT2D eigenvalue weighted by Crippen LogP contribution is -2.28. The zero-order valence-electron chi connectivity index (χ0n) is 18.4. The van der Waals surface area contributed by atoms with Crippen molar-refractivity contribution in [3.8, 4) is 16.1 Å². The summed E-state index contributed by atoms with van der Waals surface area (Å²) in [6, 6.07) is 9.93. The summed E-state index contributed by atoms with van der Waals surface area (Å²) in [5.74, 6) is -1.36. The Morgan fingerprint density at radius 3 is 2.73 bits per heavy atom. The number of nitrogens with zero attached hydrogens (tertiary/aromatic N) is 4. The largest absolute Gasteiger partial charge is 0.364 e. The van der Waals surface area contributed by atoms with E-state index in [2.05, 4.69) is 15.5 Å². The third kappa shape index (κ3) is 4.48. The summed E-state index contributed by atoms with van der Waals surface area (Å²) < 4.78 is 16.6. The van der Waals surface area contributed by atoms with Gasteiger partial charge in [-0.25, -0.2) is 4.39 Å². The topological polar surface area (TPSA) is 108 Å². The Morgan fingerprint density at radius 2 is 2.06 bits per heavy atom. The van der Waals surface area contributed by atoms with Crippen molar-refractivity contribution in [1.29, 1.82) is 0 Å². The van der Waals surface area contributed by atoms with Gasteiger partial charge in [-0.1, -0.05) is 13.0 Å². The highest BCUT2D eigenvalue weighted by Crippen LogP contribution is 2.37. The number of benzene rings is 1. The van der Waals surface area contributed by atoms with Gasteiger partial charge in [0.2, 0.25) is 0 Å². The van der Waals surface area contributed by atoms with Gasteiger partial charge in [-0.2, -0.15) is 14.9 Å². The molecule has 0 aliphatic rings. The van der Waals surface area contributed by atoms with Crippen molar-refractivity contribution in [2.24, 2.45) is 12.8 Å². The Hall–Kier alpha value is -3.63. The van der Waals surface area contributed by atoms with Crippen LogP contribution in [0.4, 0.5) is 4.39 Å². The predicted molar refractivity (Wildman–Crippen MR) is 125 cm³/mol. The van der Waals surface area contributed by atoms with Gasteiger partial charge in [0.05, 0.1) is 12.4 Å². The second kappa shape index (κ2) is 9.08. The smallest absolute Gasteiger partial charge is 0.271 e. The van der Waals surface area contributed by atoms with Gasteiger partial charge in [-0.15, -0.1) is 11.3 Å². The summed E-state index contributed by atoms with van der Waals surface area (Å²) in [6.45, 7) is 2.48. The SMILES string of the molecule is CNCc1ccc(F)cc1-c1ccc(C(C)c2cc(=O)n(-c3cnn(C)c3)nc2C(N)=O)s1. The Balaban J connectivity index is 1.75. The van der Waals surface area contributed by atoms with E-state index in [9.17, 15) is 14.0 Å². The molecule has 170 valence electrons. The molecule has 0 fully saturated rings. The normalized spacial score (nSPS) is 12.1. The van der Waals surface area contributed by atoms with Gasteiger partial charge >= 0.3 is 0 Å².